The van der Waals surface area contributed by atoms with Crippen LogP contribution >= 0.6 is 27.3 Å². The van der Waals surface area contributed by atoms with Crippen LogP contribution in [0.2, 0.25) is 0 Å². The summed E-state index contributed by atoms with van der Waals surface area (Å²) in [6.07, 6.45) is 0. The Hall–Kier alpha value is -1.53. The fourth-order valence-electron chi connectivity index (χ4n) is 2.07. The molecule has 0 fully saturated rings. The molecule has 3 rings (SSSR count). The molecule has 0 aliphatic rings. The van der Waals surface area contributed by atoms with Gasteiger partial charge in [0.15, 0.2) is 5.82 Å². The Morgan fingerprint density at radius 2 is 2.00 bits per heavy atom. The quantitative estimate of drug-likeness (QED) is 0.704. The molecule has 3 nitrogen and oxygen atoms in total. The molecular weight excluding hydrogens is 341 g/mol. The summed E-state index contributed by atoms with van der Waals surface area (Å²) in [5.74, 6) is 0.346. The highest BCUT2D eigenvalue weighted by atomic mass is 79.9. The summed E-state index contributed by atoms with van der Waals surface area (Å²) in [5.41, 5.74) is 7.45. The zero-order valence-electron chi connectivity index (χ0n) is 10.9. The number of halogens is 2. The van der Waals surface area contributed by atoms with Crippen molar-refractivity contribution >= 4 is 43.3 Å². The summed E-state index contributed by atoms with van der Waals surface area (Å²) in [6, 6.07) is 4.80. The van der Waals surface area contributed by atoms with Crippen LogP contribution in [-0.4, -0.2) is 9.97 Å². The number of nitrogens with zero attached hydrogens (tertiary/aromatic N) is 2. The first-order valence-electron chi connectivity index (χ1n) is 5.96. The molecule has 20 heavy (non-hydrogen) atoms. The van der Waals surface area contributed by atoms with Crippen LogP contribution < -0.4 is 5.73 Å². The topological polar surface area (TPSA) is 51.8 Å². The van der Waals surface area contributed by atoms with E-state index in [9.17, 15) is 4.39 Å². The summed E-state index contributed by atoms with van der Waals surface area (Å²) in [4.78, 5) is 10.6. The highest BCUT2D eigenvalue weighted by molar-refractivity contribution is 9.10. The molecule has 0 amide bonds. The number of nitrogen functional groups attached to an aromatic ring is 1. The van der Waals surface area contributed by atoms with Crippen molar-refractivity contribution in [1.82, 2.24) is 9.97 Å². The minimum absolute atomic E-state index is 0.321. The third kappa shape index (κ3) is 2.09. The second kappa shape index (κ2) is 4.79. The zero-order valence-corrected chi connectivity index (χ0v) is 13.3. The fourth-order valence-corrected chi connectivity index (χ4v) is 3.44. The van der Waals surface area contributed by atoms with Crippen LogP contribution in [0.15, 0.2) is 22.7 Å². The molecule has 0 radical (unpaired) electrons. The van der Waals surface area contributed by atoms with E-state index in [1.165, 1.54) is 6.07 Å². The van der Waals surface area contributed by atoms with Gasteiger partial charge in [0.2, 0.25) is 0 Å². The predicted octanol–water partition coefficient (Wildman–Crippen LogP) is 4.46. The average molecular weight is 352 g/mol. The van der Waals surface area contributed by atoms with Crippen LogP contribution in [0.4, 0.5) is 10.2 Å². The number of aromatic nitrogens is 2. The minimum Gasteiger partial charge on any atom is -0.383 e. The molecule has 0 saturated carbocycles. The number of hydrogen-bond donors (Lipinski definition) is 1. The molecule has 102 valence electrons. The standard InChI is InChI=1S/C14H11BrFN3S/c1-6-7(2)20-14-11(6)12(17)18-13(19-14)9-4-3-8(15)5-10(9)16/h3-5H,1-2H3,(H2,17,18,19). The molecule has 0 saturated heterocycles. The summed E-state index contributed by atoms with van der Waals surface area (Å²) in [5, 5.41) is 0.869. The summed E-state index contributed by atoms with van der Waals surface area (Å²) in [7, 11) is 0. The minimum atomic E-state index is -0.372. The van der Waals surface area contributed by atoms with E-state index in [1.807, 2.05) is 13.8 Å². The highest BCUT2D eigenvalue weighted by Crippen LogP contribution is 2.34. The van der Waals surface area contributed by atoms with E-state index >= 15 is 0 Å². The average Bonchev–Trinajstić information content (AvgIpc) is 2.65. The number of thiophene rings is 1. The maximum Gasteiger partial charge on any atom is 0.166 e. The summed E-state index contributed by atoms with van der Waals surface area (Å²) >= 11 is 4.78. The van der Waals surface area contributed by atoms with Crippen LogP contribution in [0.25, 0.3) is 21.6 Å². The molecule has 0 aliphatic heterocycles. The van der Waals surface area contributed by atoms with Crippen molar-refractivity contribution in [2.75, 3.05) is 5.73 Å². The Labute approximate surface area is 127 Å². The van der Waals surface area contributed by atoms with Crippen molar-refractivity contribution in [2.24, 2.45) is 0 Å². The molecule has 6 heteroatoms. The van der Waals surface area contributed by atoms with Crippen molar-refractivity contribution < 1.29 is 4.39 Å². The smallest absolute Gasteiger partial charge is 0.166 e. The van der Waals surface area contributed by atoms with Gasteiger partial charge in [-0.1, -0.05) is 15.9 Å². The summed E-state index contributed by atoms with van der Waals surface area (Å²) < 4.78 is 14.7. The van der Waals surface area contributed by atoms with Gasteiger partial charge in [-0.05, 0) is 37.6 Å². The molecule has 2 aromatic heterocycles. The van der Waals surface area contributed by atoms with E-state index in [1.54, 1.807) is 23.5 Å². The van der Waals surface area contributed by atoms with Gasteiger partial charge in [-0.25, -0.2) is 14.4 Å². The maximum atomic E-state index is 14.0. The lowest BCUT2D eigenvalue weighted by Crippen LogP contribution is -1.98. The Balaban J connectivity index is 2.27. The Morgan fingerprint density at radius 3 is 2.70 bits per heavy atom. The maximum absolute atomic E-state index is 14.0. The van der Waals surface area contributed by atoms with Gasteiger partial charge in [0, 0.05) is 9.35 Å². The van der Waals surface area contributed by atoms with Crippen molar-refractivity contribution in [2.45, 2.75) is 13.8 Å². The van der Waals surface area contributed by atoms with Crippen LogP contribution in [0.5, 0.6) is 0 Å². The first kappa shape index (κ1) is 13.5. The number of benzene rings is 1. The van der Waals surface area contributed by atoms with Gasteiger partial charge in [-0.2, -0.15) is 0 Å². The molecular formula is C14H11BrFN3S. The first-order chi connectivity index (χ1) is 9.47. The third-order valence-corrected chi connectivity index (χ3v) is 4.82. The molecule has 0 unspecified atom stereocenters. The van der Waals surface area contributed by atoms with Gasteiger partial charge < -0.3 is 5.73 Å². The Morgan fingerprint density at radius 1 is 1.25 bits per heavy atom. The number of nitrogens with two attached hydrogens (primary N) is 1. The Bertz CT molecular complexity index is 829. The highest BCUT2D eigenvalue weighted by Gasteiger charge is 2.15. The number of fused-ring (bicyclic) bond motifs is 1. The molecule has 0 atom stereocenters. The van der Waals surface area contributed by atoms with Crippen LogP contribution in [-0.2, 0) is 0 Å². The van der Waals surface area contributed by atoms with E-state index in [2.05, 4.69) is 25.9 Å². The summed E-state index contributed by atoms with van der Waals surface area (Å²) in [6.45, 7) is 4.01. The van der Waals surface area contributed by atoms with Crippen molar-refractivity contribution in [3.05, 3.63) is 38.9 Å². The molecule has 0 spiro atoms. The normalized spacial score (nSPS) is 11.2. The lowest BCUT2D eigenvalue weighted by atomic mass is 10.2. The molecule has 1 aromatic carbocycles. The van der Waals surface area contributed by atoms with Gasteiger partial charge in [0.25, 0.3) is 0 Å². The monoisotopic (exact) mass is 351 g/mol. The Kier molecular flexibility index (Phi) is 3.22. The number of hydrogen-bond acceptors (Lipinski definition) is 4. The van der Waals surface area contributed by atoms with Gasteiger partial charge in [0.05, 0.1) is 10.9 Å². The first-order valence-corrected chi connectivity index (χ1v) is 7.57. The van der Waals surface area contributed by atoms with E-state index in [4.69, 9.17) is 5.73 Å². The number of anilines is 1. The van der Waals surface area contributed by atoms with E-state index in [0.29, 0.717) is 21.7 Å². The lowest BCUT2D eigenvalue weighted by Gasteiger charge is -2.05. The predicted molar refractivity (Wildman–Crippen MR) is 84.4 cm³/mol. The zero-order chi connectivity index (χ0) is 14.4. The SMILES string of the molecule is Cc1sc2nc(-c3ccc(Br)cc3F)nc(N)c2c1C. The van der Waals surface area contributed by atoms with Crippen LogP contribution in [0, 0.1) is 19.7 Å². The van der Waals surface area contributed by atoms with Crippen molar-refractivity contribution in [3.63, 3.8) is 0 Å². The number of rotatable bonds is 1. The van der Waals surface area contributed by atoms with E-state index in [0.717, 1.165) is 20.7 Å². The molecule has 2 N–H and O–H groups in total. The van der Waals surface area contributed by atoms with Gasteiger partial charge in [-0.3, -0.25) is 0 Å². The second-order valence-electron chi connectivity index (χ2n) is 4.52. The van der Waals surface area contributed by atoms with Crippen molar-refractivity contribution in [1.29, 1.82) is 0 Å². The van der Waals surface area contributed by atoms with Gasteiger partial charge in [-0.15, -0.1) is 11.3 Å². The molecule has 0 aliphatic carbocycles. The van der Waals surface area contributed by atoms with Crippen molar-refractivity contribution in [3.8, 4) is 11.4 Å². The van der Waals surface area contributed by atoms with Crippen LogP contribution in [0.3, 0.4) is 0 Å². The van der Waals surface area contributed by atoms with Crippen LogP contribution in [0.1, 0.15) is 10.4 Å². The molecule has 2 heterocycles. The second-order valence-corrected chi connectivity index (χ2v) is 6.64. The largest absolute Gasteiger partial charge is 0.383 e. The third-order valence-electron chi connectivity index (χ3n) is 3.23. The fraction of sp³-hybridized carbons (Fsp3) is 0.143. The van der Waals surface area contributed by atoms with Gasteiger partial charge >= 0.3 is 0 Å². The number of aryl methyl sites for hydroxylation is 2. The van der Waals surface area contributed by atoms with E-state index in [-0.39, 0.29) is 5.82 Å². The lowest BCUT2D eigenvalue weighted by molar-refractivity contribution is 0.629. The molecule has 3 aromatic rings. The van der Waals surface area contributed by atoms with E-state index < -0.39 is 0 Å². The van der Waals surface area contributed by atoms with Gasteiger partial charge in [0.1, 0.15) is 16.5 Å². The molecule has 0 bridgehead atoms.